The number of likely N-dealkylation sites (tertiary alicyclic amines) is 1. The summed E-state index contributed by atoms with van der Waals surface area (Å²) in [4.78, 5) is 27.9. The summed E-state index contributed by atoms with van der Waals surface area (Å²) in [6.07, 6.45) is 1.46. The van der Waals surface area contributed by atoms with Crippen LogP contribution < -0.4 is 5.32 Å². The Labute approximate surface area is 144 Å². The van der Waals surface area contributed by atoms with Crippen LogP contribution in [0.2, 0.25) is 0 Å². The van der Waals surface area contributed by atoms with Crippen LogP contribution in [0.3, 0.4) is 0 Å². The van der Waals surface area contributed by atoms with E-state index in [2.05, 4.69) is 10.2 Å². The molecule has 0 aliphatic carbocycles. The summed E-state index contributed by atoms with van der Waals surface area (Å²) in [5.41, 5.74) is -0.447. The number of morpholine rings is 1. The molecule has 2 atom stereocenters. The van der Waals surface area contributed by atoms with Gasteiger partial charge in [0.15, 0.2) is 0 Å². The molecule has 0 aromatic rings. The third kappa shape index (κ3) is 5.63. The number of likely N-dealkylation sites (N-methyl/N-ethyl adjacent to an activating group) is 1. The Morgan fingerprint density at radius 2 is 2.00 bits per heavy atom. The molecule has 0 spiro atoms. The van der Waals surface area contributed by atoms with Crippen molar-refractivity contribution in [2.45, 2.75) is 45.3 Å². The summed E-state index contributed by atoms with van der Waals surface area (Å²) in [6, 6.07) is 0. The van der Waals surface area contributed by atoms with E-state index in [1.807, 2.05) is 25.7 Å². The first kappa shape index (κ1) is 19.0. The van der Waals surface area contributed by atoms with Crippen molar-refractivity contribution in [1.29, 1.82) is 0 Å². The van der Waals surface area contributed by atoms with Gasteiger partial charge in [0.05, 0.1) is 6.61 Å². The number of hydrogen-bond donors (Lipinski definition) is 1. The van der Waals surface area contributed by atoms with Crippen LogP contribution in [-0.2, 0) is 14.3 Å². The van der Waals surface area contributed by atoms with Gasteiger partial charge < -0.3 is 19.7 Å². The highest BCUT2D eigenvalue weighted by molar-refractivity contribution is 5.80. The topological polar surface area (TPSA) is 71.1 Å². The Morgan fingerprint density at radius 3 is 2.67 bits per heavy atom. The molecule has 0 bridgehead atoms. The standard InChI is InChI=1S/C17H31N3O4/c1-17(2,3)24-16(22)20-8-6-13(11-20)5-7-19-9-10-23-14(12-19)15(21)18-4/h13-14H,5-12H2,1-4H3,(H,18,21)/t13-,14-/m1/s1. The number of carbonyl (C=O) groups is 2. The van der Waals surface area contributed by atoms with E-state index in [0.29, 0.717) is 19.1 Å². The zero-order valence-electron chi connectivity index (χ0n) is 15.3. The number of hydrogen-bond acceptors (Lipinski definition) is 5. The van der Waals surface area contributed by atoms with Gasteiger partial charge in [-0.05, 0) is 46.1 Å². The number of amides is 2. The van der Waals surface area contributed by atoms with E-state index in [-0.39, 0.29) is 18.1 Å². The summed E-state index contributed by atoms with van der Waals surface area (Å²) in [7, 11) is 1.63. The SMILES string of the molecule is CNC(=O)[C@H]1CN(CC[C@@H]2CCN(C(=O)OC(C)(C)C)C2)CCO1. The molecule has 138 valence electrons. The molecule has 2 amide bonds. The molecule has 2 aliphatic heterocycles. The van der Waals surface area contributed by atoms with Gasteiger partial charge in [-0.15, -0.1) is 0 Å². The third-order valence-electron chi connectivity index (χ3n) is 4.48. The van der Waals surface area contributed by atoms with Gasteiger partial charge in [-0.25, -0.2) is 4.79 Å². The quantitative estimate of drug-likeness (QED) is 0.828. The van der Waals surface area contributed by atoms with Crippen molar-refractivity contribution in [2.24, 2.45) is 5.92 Å². The van der Waals surface area contributed by atoms with Gasteiger partial charge in [0.25, 0.3) is 0 Å². The van der Waals surface area contributed by atoms with Crippen molar-refractivity contribution in [2.75, 3.05) is 46.4 Å². The lowest BCUT2D eigenvalue weighted by molar-refractivity contribution is -0.138. The molecule has 2 heterocycles. The molecule has 0 saturated carbocycles. The van der Waals surface area contributed by atoms with Crippen molar-refractivity contribution in [3.63, 3.8) is 0 Å². The summed E-state index contributed by atoms with van der Waals surface area (Å²) in [5, 5.41) is 2.64. The zero-order chi connectivity index (χ0) is 17.7. The average Bonchev–Trinajstić information content (AvgIpc) is 3.00. The minimum absolute atomic E-state index is 0.0586. The van der Waals surface area contributed by atoms with E-state index in [0.717, 1.165) is 39.0 Å². The van der Waals surface area contributed by atoms with Crippen molar-refractivity contribution in [1.82, 2.24) is 15.1 Å². The Kier molecular flexibility index (Phi) is 6.46. The molecular formula is C17H31N3O4. The largest absolute Gasteiger partial charge is 0.444 e. The molecular weight excluding hydrogens is 310 g/mol. The number of rotatable bonds is 4. The highest BCUT2D eigenvalue weighted by Crippen LogP contribution is 2.22. The maximum Gasteiger partial charge on any atom is 0.410 e. The van der Waals surface area contributed by atoms with E-state index < -0.39 is 5.60 Å². The molecule has 7 nitrogen and oxygen atoms in total. The van der Waals surface area contributed by atoms with Crippen LogP contribution in [0.1, 0.15) is 33.6 Å². The fraction of sp³-hybridized carbons (Fsp3) is 0.882. The van der Waals surface area contributed by atoms with Gasteiger partial charge >= 0.3 is 6.09 Å². The number of nitrogens with zero attached hydrogens (tertiary/aromatic N) is 2. The maximum atomic E-state index is 12.1. The van der Waals surface area contributed by atoms with Crippen LogP contribution in [-0.4, -0.2) is 79.9 Å². The van der Waals surface area contributed by atoms with Gasteiger partial charge in [-0.1, -0.05) is 0 Å². The van der Waals surface area contributed by atoms with Crippen LogP contribution in [0.25, 0.3) is 0 Å². The Balaban J connectivity index is 1.72. The molecule has 2 saturated heterocycles. The van der Waals surface area contributed by atoms with E-state index in [1.54, 1.807) is 7.05 Å². The first-order chi connectivity index (χ1) is 11.3. The smallest absolute Gasteiger partial charge is 0.410 e. The van der Waals surface area contributed by atoms with Crippen LogP contribution in [0.15, 0.2) is 0 Å². The van der Waals surface area contributed by atoms with E-state index in [4.69, 9.17) is 9.47 Å². The fourth-order valence-corrected chi connectivity index (χ4v) is 3.15. The molecule has 0 unspecified atom stereocenters. The maximum absolute atomic E-state index is 12.1. The second-order valence-corrected chi connectivity index (χ2v) is 7.64. The van der Waals surface area contributed by atoms with Gasteiger partial charge in [0, 0.05) is 33.2 Å². The molecule has 7 heteroatoms. The molecule has 24 heavy (non-hydrogen) atoms. The Morgan fingerprint density at radius 1 is 1.25 bits per heavy atom. The summed E-state index contributed by atoms with van der Waals surface area (Å²) in [6.45, 7) is 10.2. The van der Waals surface area contributed by atoms with E-state index in [1.165, 1.54) is 0 Å². The van der Waals surface area contributed by atoms with E-state index >= 15 is 0 Å². The van der Waals surface area contributed by atoms with Gasteiger partial charge in [0.1, 0.15) is 11.7 Å². The van der Waals surface area contributed by atoms with Crippen LogP contribution >= 0.6 is 0 Å². The summed E-state index contributed by atoms with van der Waals surface area (Å²) >= 11 is 0. The monoisotopic (exact) mass is 341 g/mol. The van der Waals surface area contributed by atoms with Crippen molar-refractivity contribution in [3.05, 3.63) is 0 Å². The molecule has 0 aromatic heterocycles. The molecule has 2 fully saturated rings. The minimum Gasteiger partial charge on any atom is -0.444 e. The lowest BCUT2D eigenvalue weighted by atomic mass is 10.0. The highest BCUT2D eigenvalue weighted by atomic mass is 16.6. The normalized spacial score (nSPS) is 25.6. The van der Waals surface area contributed by atoms with Crippen molar-refractivity contribution in [3.8, 4) is 0 Å². The average molecular weight is 341 g/mol. The van der Waals surface area contributed by atoms with Crippen LogP contribution in [0.5, 0.6) is 0 Å². The number of carbonyl (C=O) groups excluding carboxylic acids is 2. The number of ether oxygens (including phenoxy) is 2. The van der Waals surface area contributed by atoms with Crippen molar-refractivity contribution < 1.29 is 19.1 Å². The number of nitrogens with one attached hydrogen (secondary N) is 1. The second-order valence-electron chi connectivity index (χ2n) is 7.64. The Hall–Kier alpha value is -1.34. The molecule has 2 aliphatic rings. The minimum atomic E-state index is -0.447. The predicted octanol–water partition coefficient (Wildman–Crippen LogP) is 1.08. The van der Waals surface area contributed by atoms with Crippen LogP contribution in [0, 0.1) is 5.92 Å². The molecule has 2 rings (SSSR count). The second kappa shape index (κ2) is 8.16. The lowest BCUT2D eigenvalue weighted by Gasteiger charge is -2.32. The lowest BCUT2D eigenvalue weighted by Crippen LogP contribution is -2.49. The molecule has 0 radical (unpaired) electrons. The van der Waals surface area contributed by atoms with Gasteiger partial charge in [0.2, 0.25) is 5.91 Å². The van der Waals surface area contributed by atoms with Crippen LogP contribution in [0.4, 0.5) is 4.79 Å². The summed E-state index contributed by atoms with van der Waals surface area (Å²) < 4.78 is 10.9. The Bertz CT molecular complexity index is 450. The first-order valence-electron chi connectivity index (χ1n) is 8.82. The first-order valence-corrected chi connectivity index (χ1v) is 8.82. The fourth-order valence-electron chi connectivity index (χ4n) is 3.15. The molecule has 1 N–H and O–H groups in total. The van der Waals surface area contributed by atoms with Gasteiger partial charge in [-0.3, -0.25) is 9.69 Å². The van der Waals surface area contributed by atoms with Crippen molar-refractivity contribution >= 4 is 12.0 Å². The third-order valence-corrected chi connectivity index (χ3v) is 4.48. The zero-order valence-corrected chi connectivity index (χ0v) is 15.3. The highest BCUT2D eigenvalue weighted by Gasteiger charge is 2.31. The van der Waals surface area contributed by atoms with Gasteiger partial charge in [-0.2, -0.15) is 0 Å². The predicted molar refractivity (Wildman–Crippen MR) is 90.8 cm³/mol. The van der Waals surface area contributed by atoms with E-state index in [9.17, 15) is 9.59 Å². The summed E-state index contributed by atoms with van der Waals surface area (Å²) in [5.74, 6) is 0.440. The molecule has 0 aromatic carbocycles.